The minimum Gasteiger partial charge on any atom is -0.497 e. The molecule has 0 bridgehead atoms. The number of halogens is 1. The molecule has 0 aliphatic rings. The summed E-state index contributed by atoms with van der Waals surface area (Å²) in [4.78, 5) is 0. The molecule has 0 spiro atoms. The van der Waals surface area contributed by atoms with Gasteiger partial charge < -0.3 is 4.74 Å². The van der Waals surface area contributed by atoms with E-state index in [1.54, 1.807) is 11.8 Å². The molecule has 0 atom stereocenters. The van der Waals surface area contributed by atoms with Crippen LogP contribution < -0.4 is 4.74 Å². The predicted octanol–water partition coefficient (Wildman–Crippen LogP) is 3.97. The summed E-state index contributed by atoms with van der Waals surface area (Å²) in [5, 5.41) is 5.18. The summed E-state index contributed by atoms with van der Waals surface area (Å²) in [6.45, 7) is 6.22. The summed E-state index contributed by atoms with van der Waals surface area (Å²) in [5.41, 5.74) is 2.98. The van der Waals surface area contributed by atoms with Crippen LogP contribution in [0.3, 0.4) is 0 Å². The van der Waals surface area contributed by atoms with E-state index in [4.69, 9.17) is 16.3 Å². The first-order valence-corrected chi connectivity index (χ1v) is 6.31. The normalized spacial score (nSPS) is 11.0. The smallest absolute Gasteiger partial charge is 0.136 e. The van der Waals surface area contributed by atoms with Gasteiger partial charge in [0.15, 0.2) is 0 Å². The first kappa shape index (κ1) is 13.0. The summed E-state index contributed by atoms with van der Waals surface area (Å²) in [7, 11) is 1.65. The zero-order chi connectivity index (χ0) is 13.3. The third kappa shape index (κ3) is 2.23. The number of aromatic nitrogens is 2. The number of rotatable bonds is 3. The Bertz CT molecular complexity index is 561. The molecule has 0 N–H and O–H groups in total. The Hall–Kier alpha value is -1.48. The summed E-state index contributed by atoms with van der Waals surface area (Å²) in [5.74, 6) is 1.15. The molecular formula is C14H17ClN2O. The Morgan fingerprint density at radius 2 is 2.06 bits per heavy atom. The van der Waals surface area contributed by atoms with Crippen LogP contribution in [0.5, 0.6) is 5.75 Å². The summed E-state index contributed by atoms with van der Waals surface area (Å²) >= 11 is 6.41. The van der Waals surface area contributed by atoms with Crippen molar-refractivity contribution in [1.29, 1.82) is 0 Å². The van der Waals surface area contributed by atoms with Crippen LogP contribution in [-0.4, -0.2) is 16.9 Å². The lowest BCUT2D eigenvalue weighted by Crippen LogP contribution is -1.97. The van der Waals surface area contributed by atoms with Crippen molar-refractivity contribution in [2.75, 3.05) is 7.11 Å². The molecule has 18 heavy (non-hydrogen) atoms. The quantitative estimate of drug-likeness (QED) is 0.839. The molecular weight excluding hydrogens is 248 g/mol. The second-order valence-electron chi connectivity index (χ2n) is 4.56. The van der Waals surface area contributed by atoms with Crippen LogP contribution in [0.25, 0.3) is 5.69 Å². The highest BCUT2D eigenvalue weighted by Gasteiger charge is 2.17. The Labute approximate surface area is 112 Å². The van der Waals surface area contributed by atoms with Crippen molar-refractivity contribution in [2.24, 2.45) is 0 Å². The highest BCUT2D eigenvalue weighted by atomic mass is 35.5. The Balaban J connectivity index is 2.54. The van der Waals surface area contributed by atoms with Crippen LogP contribution in [-0.2, 0) is 0 Å². The van der Waals surface area contributed by atoms with Gasteiger partial charge in [-0.05, 0) is 25.0 Å². The molecule has 96 valence electrons. The second kappa shape index (κ2) is 5.02. The summed E-state index contributed by atoms with van der Waals surface area (Å²) in [6.07, 6.45) is 0. The molecule has 4 heteroatoms. The van der Waals surface area contributed by atoms with Gasteiger partial charge in [-0.1, -0.05) is 31.5 Å². The van der Waals surface area contributed by atoms with Gasteiger partial charge in [0.05, 0.1) is 18.5 Å². The van der Waals surface area contributed by atoms with Crippen LogP contribution >= 0.6 is 11.6 Å². The number of hydrogen-bond donors (Lipinski definition) is 0. The highest BCUT2D eigenvalue weighted by molar-refractivity contribution is 6.30. The van der Waals surface area contributed by atoms with Gasteiger partial charge in [-0.25, -0.2) is 4.68 Å². The fourth-order valence-electron chi connectivity index (χ4n) is 2.08. The second-order valence-corrected chi connectivity index (χ2v) is 4.92. The largest absolute Gasteiger partial charge is 0.497 e. The molecule has 3 nitrogen and oxygen atoms in total. The Morgan fingerprint density at radius 1 is 1.33 bits per heavy atom. The number of nitrogens with zero attached hydrogens (tertiary/aromatic N) is 2. The molecule has 0 saturated carbocycles. The lowest BCUT2D eigenvalue weighted by Gasteiger charge is -2.07. The monoisotopic (exact) mass is 264 g/mol. The van der Waals surface area contributed by atoms with Gasteiger partial charge in [-0.15, -0.1) is 0 Å². The summed E-state index contributed by atoms with van der Waals surface area (Å²) in [6, 6.07) is 7.71. The molecule has 2 aromatic rings. The minimum absolute atomic E-state index is 0.358. The van der Waals surface area contributed by atoms with E-state index in [1.807, 2.05) is 31.2 Å². The maximum Gasteiger partial charge on any atom is 0.136 e. The van der Waals surface area contributed by atoms with Gasteiger partial charge >= 0.3 is 0 Å². The van der Waals surface area contributed by atoms with Crippen LogP contribution in [0.2, 0.25) is 5.15 Å². The molecule has 0 fully saturated rings. The van der Waals surface area contributed by atoms with Gasteiger partial charge in [0.2, 0.25) is 0 Å². The van der Waals surface area contributed by atoms with Crippen molar-refractivity contribution in [3.8, 4) is 11.4 Å². The van der Waals surface area contributed by atoms with Crippen LogP contribution in [0, 0.1) is 6.92 Å². The zero-order valence-electron chi connectivity index (χ0n) is 11.1. The average molecular weight is 265 g/mol. The van der Waals surface area contributed by atoms with E-state index in [-0.39, 0.29) is 0 Å². The average Bonchev–Trinajstić information content (AvgIpc) is 2.65. The minimum atomic E-state index is 0.358. The van der Waals surface area contributed by atoms with Crippen molar-refractivity contribution >= 4 is 11.6 Å². The number of ether oxygens (including phenoxy) is 1. The van der Waals surface area contributed by atoms with E-state index < -0.39 is 0 Å². The maximum atomic E-state index is 6.41. The Morgan fingerprint density at radius 3 is 2.61 bits per heavy atom. The van der Waals surface area contributed by atoms with Gasteiger partial charge in [-0.2, -0.15) is 5.10 Å². The van der Waals surface area contributed by atoms with Crippen molar-refractivity contribution in [3.05, 3.63) is 40.7 Å². The van der Waals surface area contributed by atoms with Crippen molar-refractivity contribution in [2.45, 2.75) is 26.7 Å². The number of aryl methyl sites for hydroxylation is 1. The van der Waals surface area contributed by atoms with E-state index in [9.17, 15) is 0 Å². The van der Waals surface area contributed by atoms with Crippen molar-refractivity contribution in [3.63, 3.8) is 0 Å². The van der Waals surface area contributed by atoms with Crippen LogP contribution in [0.15, 0.2) is 24.3 Å². The predicted molar refractivity (Wildman–Crippen MR) is 74.0 cm³/mol. The molecule has 1 aromatic heterocycles. The van der Waals surface area contributed by atoms with Crippen LogP contribution in [0.4, 0.5) is 0 Å². The van der Waals surface area contributed by atoms with Gasteiger partial charge in [-0.3, -0.25) is 0 Å². The molecule has 0 aliphatic carbocycles. The number of methoxy groups -OCH3 is 1. The van der Waals surface area contributed by atoms with Crippen molar-refractivity contribution < 1.29 is 4.74 Å². The molecule has 1 heterocycles. The molecule has 2 rings (SSSR count). The van der Waals surface area contributed by atoms with Gasteiger partial charge in [0, 0.05) is 11.6 Å². The van der Waals surface area contributed by atoms with Gasteiger partial charge in [0.25, 0.3) is 0 Å². The highest BCUT2D eigenvalue weighted by Crippen LogP contribution is 2.30. The molecule has 0 unspecified atom stereocenters. The van der Waals surface area contributed by atoms with E-state index >= 15 is 0 Å². The van der Waals surface area contributed by atoms with E-state index in [0.717, 1.165) is 22.7 Å². The first-order valence-electron chi connectivity index (χ1n) is 5.94. The Kier molecular flexibility index (Phi) is 3.62. The molecule has 1 aromatic carbocycles. The SMILES string of the molecule is COc1cccc(-n2nc(C)c(C(C)C)c2Cl)c1. The van der Waals surface area contributed by atoms with E-state index in [0.29, 0.717) is 11.1 Å². The molecule has 0 aliphatic heterocycles. The standard InChI is InChI=1S/C14H17ClN2O/c1-9(2)13-10(3)16-17(14(13)15)11-6-5-7-12(8-11)18-4/h5-9H,1-4H3. The summed E-state index contributed by atoms with van der Waals surface area (Å²) < 4.78 is 6.98. The van der Waals surface area contributed by atoms with E-state index in [2.05, 4.69) is 18.9 Å². The third-order valence-corrected chi connectivity index (χ3v) is 3.29. The molecule has 0 radical (unpaired) electrons. The van der Waals surface area contributed by atoms with Crippen molar-refractivity contribution in [1.82, 2.24) is 9.78 Å². The molecule has 0 amide bonds. The lowest BCUT2D eigenvalue weighted by atomic mass is 10.1. The topological polar surface area (TPSA) is 27.1 Å². The lowest BCUT2D eigenvalue weighted by molar-refractivity contribution is 0.414. The maximum absolute atomic E-state index is 6.41. The number of hydrogen-bond acceptors (Lipinski definition) is 2. The van der Waals surface area contributed by atoms with Gasteiger partial charge in [0.1, 0.15) is 10.9 Å². The first-order chi connectivity index (χ1) is 8.54. The zero-order valence-corrected chi connectivity index (χ0v) is 11.8. The third-order valence-electron chi connectivity index (χ3n) is 2.92. The molecule has 0 saturated heterocycles. The van der Waals surface area contributed by atoms with Crippen LogP contribution in [0.1, 0.15) is 31.0 Å². The fraction of sp³-hybridized carbons (Fsp3) is 0.357. The fourth-order valence-corrected chi connectivity index (χ4v) is 2.57. The number of benzene rings is 1. The van der Waals surface area contributed by atoms with E-state index in [1.165, 1.54) is 0 Å².